The summed E-state index contributed by atoms with van der Waals surface area (Å²) in [7, 11) is 1.82. The molecule has 0 aromatic heterocycles. The van der Waals surface area contributed by atoms with Crippen molar-refractivity contribution in [2.75, 3.05) is 13.8 Å². The molecule has 0 unspecified atom stereocenters. The Balaban J connectivity index is 2.81. The molecule has 3 nitrogen and oxygen atoms in total. The lowest BCUT2D eigenvalue weighted by molar-refractivity contribution is -0.106. The minimum absolute atomic E-state index is 0.500. The quantitative estimate of drug-likeness (QED) is 0.475. The van der Waals surface area contributed by atoms with Crippen LogP contribution in [-0.4, -0.2) is 25.0 Å². The molecule has 1 heterocycles. The maximum atomic E-state index is 10.2. The van der Waals surface area contributed by atoms with Gasteiger partial charge in [0.2, 0.25) is 0 Å². The number of allylic oxidation sites excluding steroid dienone is 2. The van der Waals surface area contributed by atoms with E-state index in [4.69, 9.17) is 4.74 Å². The number of hydrogen-bond acceptors (Lipinski definition) is 3. The van der Waals surface area contributed by atoms with E-state index >= 15 is 0 Å². The molecule has 0 atom stereocenters. The van der Waals surface area contributed by atoms with Crippen LogP contribution in [-0.2, 0) is 9.53 Å². The SMILES string of the molecule is CC1=C(C=O)N(C)CO1. The average molecular weight is 127 g/mol. The number of likely N-dealkylation sites (N-methyl/N-ethyl adjacent to an activating group) is 1. The maximum Gasteiger partial charge on any atom is 0.169 e. The van der Waals surface area contributed by atoms with Crippen molar-refractivity contribution in [1.82, 2.24) is 4.90 Å². The Morgan fingerprint density at radius 1 is 1.78 bits per heavy atom. The van der Waals surface area contributed by atoms with Crippen LogP contribution in [0.2, 0.25) is 0 Å². The predicted octanol–water partition coefficient (Wildman–Crippen LogP) is 0.336. The first-order valence-electron chi connectivity index (χ1n) is 2.75. The van der Waals surface area contributed by atoms with Crippen molar-refractivity contribution >= 4 is 6.29 Å². The van der Waals surface area contributed by atoms with Crippen LogP contribution in [0.1, 0.15) is 6.92 Å². The van der Waals surface area contributed by atoms with Gasteiger partial charge in [0.05, 0.1) is 0 Å². The first kappa shape index (κ1) is 6.13. The topological polar surface area (TPSA) is 29.5 Å². The van der Waals surface area contributed by atoms with Gasteiger partial charge in [0.1, 0.15) is 11.5 Å². The van der Waals surface area contributed by atoms with Crippen LogP contribution < -0.4 is 0 Å². The lowest BCUT2D eigenvalue weighted by Gasteiger charge is -2.06. The lowest BCUT2D eigenvalue weighted by Crippen LogP contribution is -2.13. The Bertz CT molecular complexity index is 162. The first-order chi connectivity index (χ1) is 4.25. The van der Waals surface area contributed by atoms with Gasteiger partial charge >= 0.3 is 0 Å². The van der Waals surface area contributed by atoms with Gasteiger partial charge in [-0.1, -0.05) is 0 Å². The summed E-state index contributed by atoms with van der Waals surface area (Å²) in [5.41, 5.74) is 0.648. The molecule has 0 saturated heterocycles. The maximum absolute atomic E-state index is 10.2. The Hall–Kier alpha value is -0.990. The molecule has 50 valence electrons. The Morgan fingerprint density at radius 2 is 2.44 bits per heavy atom. The molecule has 0 fully saturated rings. The van der Waals surface area contributed by atoms with Gasteiger partial charge in [-0.2, -0.15) is 0 Å². The third-order valence-electron chi connectivity index (χ3n) is 1.36. The third-order valence-corrected chi connectivity index (χ3v) is 1.36. The lowest BCUT2D eigenvalue weighted by atomic mass is 10.4. The van der Waals surface area contributed by atoms with Crippen LogP contribution in [0.4, 0.5) is 0 Å². The summed E-state index contributed by atoms with van der Waals surface area (Å²) >= 11 is 0. The number of hydrogen-bond donors (Lipinski definition) is 0. The fourth-order valence-corrected chi connectivity index (χ4v) is 0.779. The van der Waals surface area contributed by atoms with Crippen LogP contribution in [0.15, 0.2) is 11.5 Å². The molecule has 0 aromatic rings. The van der Waals surface area contributed by atoms with Gasteiger partial charge in [-0.3, -0.25) is 4.79 Å². The van der Waals surface area contributed by atoms with Gasteiger partial charge < -0.3 is 9.64 Å². The molecule has 0 aliphatic carbocycles. The van der Waals surface area contributed by atoms with Crippen molar-refractivity contribution in [2.24, 2.45) is 0 Å². The van der Waals surface area contributed by atoms with Crippen LogP contribution >= 0.6 is 0 Å². The Kier molecular flexibility index (Phi) is 1.42. The summed E-state index contributed by atoms with van der Waals surface area (Å²) in [5.74, 6) is 0.715. The second-order valence-corrected chi connectivity index (χ2v) is 2.03. The molecule has 0 amide bonds. The molecule has 0 spiro atoms. The molecule has 3 heteroatoms. The zero-order valence-corrected chi connectivity index (χ0v) is 5.55. The molecule has 0 N–H and O–H groups in total. The summed E-state index contributed by atoms with van der Waals surface area (Å²) in [4.78, 5) is 12.0. The molecule has 0 aromatic carbocycles. The van der Waals surface area contributed by atoms with Gasteiger partial charge in [0.25, 0.3) is 0 Å². The Morgan fingerprint density at radius 3 is 2.67 bits per heavy atom. The van der Waals surface area contributed by atoms with Crippen molar-refractivity contribution in [1.29, 1.82) is 0 Å². The van der Waals surface area contributed by atoms with E-state index in [2.05, 4.69) is 0 Å². The van der Waals surface area contributed by atoms with E-state index in [9.17, 15) is 4.79 Å². The number of nitrogens with zero attached hydrogens (tertiary/aromatic N) is 1. The van der Waals surface area contributed by atoms with Gasteiger partial charge in [0.15, 0.2) is 13.0 Å². The van der Waals surface area contributed by atoms with Crippen molar-refractivity contribution < 1.29 is 9.53 Å². The summed E-state index contributed by atoms with van der Waals surface area (Å²) < 4.78 is 5.04. The van der Waals surface area contributed by atoms with E-state index in [-0.39, 0.29) is 0 Å². The number of ether oxygens (including phenoxy) is 1. The highest BCUT2D eigenvalue weighted by molar-refractivity contribution is 5.73. The van der Waals surface area contributed by atoms with Crippen molar-refractivity contribution in [3.63, 3.8) is 0 Å². The molecule has 9 heavy (non-hydrogen) atoms. The number of rotatable bonds is 1. The van der Waals surface area contributed by atoms with E-state index in [1.165, 1.54) is 0 Å². The normalized spacial score (nSPS) is 18.2. The molecular weight excluding hydrogens is 118 g/mol. The summed E-state index contributed by atoms with van der Waals surface area (Å²) in [5, 5.41) is 0. The smallest absolute Gasteiger partial charge is 0.169 e. The molecule has 0 radical (unpaired) electrons. The molecular formula is C6H9NO2. The monoisotopic (exact) mass is 127 g/mol. The minimum atomic E-state index is 0.500. The Labute approximate surface area is 53.9 Å². The standard InChI is InChI=1S/C6H9NO2/c1-5-6(3-8)7(2)4-9-5/h3H,4H2,1-2H3. The summed E-state index contributed by atoms with van der Waals surface area (Å²) in [6.07, 6.45) is 0.808. The van der Waals surface area contributed by atoms with Crippen LogP contribution in [0.5, 0.6) is 0 Å². The van der Waals surface area contributed by atoms with Crippen LogP contribution in [0.25, 0.3) is 0 Å². The third kappa shape index (κ3) is 0.896. The molecule has 1 aliphatic rings. The zero-order valence-electron chi connectivity index (χ0n) is 5.55. The minimum Gasteiger partial charge on any atom is -0.475 e. The van der Waals surface area contributed by atoms with Crippen molar-refractivity contribution in [2.45, 2.75) is 6.92 Å². The summed E-state index contributed by atoms with van der Waals surface area (Å²) in [6.45, 7) is 2.28. The van der Waals surface area contributed by atoms with Gasteiger partial charge in [-0.25, -0.2) is 0 Å². The molecule has 0 bridgehead atoms. The second kappa shape index (κ2) is 2.09. The average Bonchev–Trinajstić information content (AvgIpc) is 2.12. The van der Waals surface area contributed by atoms with Crippen molar-refractivity contribution in [3.8, 4) is 0 Å². The molecule has 0 saturated carbocycles. The number of aldehydes is 1. The van der Waals surface area contributed by atoms with Gasteiger partial charge in [0, 0.05) is 7.05 Å². The van der Waals surface area contributed by atoms with Crippen LogP contribution in [0, 0.1) is 0 Å². The second-order valence-electron chi connectivity index (χ2n) is 2.03. The fraction of sp³-hybridized carbons (Fsp3) is 0.500. The number of carbonyl (C=O) groups is 1. The summed E-state index contributed by atoms with van der Waals surface area (Å²) in [6, 6.07) is 0. The highest BCUT2D eigenvalue weighted by atomic mass is 16.5. The van der Waals surface area contributed by atoms with Crippen molar-refractivity contribution in [3.05, 3.63) is 11.5 Å². The fourth-order valence-electron chi connectivity index (χ4n) is 0.779. The highest BCUT2D eigenvalue weighted by Crippen LogP contribution is 2.14. The van der Waals surface area contributed by atoms with E-state index in [0.29, 0.717) is 18.2 Å². The molecule has 1 aliphatic heterocycles. The van der Waals surface area contributed by atoms with Gasteiger partial charge in [-0.05, 0) is 6.92 Å². The van der Waals surface area contributed by atoms with E-state index in [1.54, 1.807) is 11.8 Å². The largest absolute Gasteiger partial charge is 0.475 e. The number of carbonyl (C=O) groups excluding carboxylic acids is 1. The van der Waals surface area contributed by atoms with E-state index in [0.717, 1.165) is 6.29 Å². The first-order valence-corrected chi connectivity index (χ1v) is 2.75. The highest BCUT2D eigenvalue weighted by Gasteiger charge is 2.15. The van der Waals surface area contributed by atoms with Gasteiger partial charge in [-0.15, -0.1) is 0 Å². The van der Waals surface area contributed by atoms with E-state index < -0.39 is 0 Å². The van der Waals surface area contributed by atoms with Crippen LogP contribution in [0.3, 0.4) is 0 Å². The zero-order chi connectivity index (χ0) is 6.85. The predicted molar refractivity (Wildman–Crippen MR) is 32.5 cm³/mol. The molecule has 1 rings (SSSR count). The van der Waals surface area contributed by atoms with E-state index in [1.807, 2.05) is 7.05 Å².